The largest absolute Gasteiger partial charge is 0.481 e. The molecular formula is C18H30N4O2. The van der Waals surface area contributed by atoms with E-state index in [2.05, 4.69) is 27.5 Å². The maximum absolute atomic E-state index is 5.26. The first-order valence-electron chi connectivity index (χ1n) is 8.72. The molecule has 1 aromatic rings. The molecule has 0 aliphatic heterocycles. The third kappa shape index (κ3) is 5.37. The van der Waals surface area contributed by atoms with E-state index in [0.29, 0.717) is 17.8 Å². The van der Waals surface area contributed by atoms with E-state index in [4.69, 9.17) is 9.47 Å². The first-order valence-corrected chi connectivity index (χ1v) is 8.72. The van der Waals surface area contributed by atoms with Crippen molar-refractivity contribution < 1.29 is 9.47 Å². The van der Waals surface area contributed by atoms with Crippen molar-refractivity contribution >= 4 is 5.96 Å². The van der Waals surface area contributed by atoms with Gasteiger partial charge in [0.2, 0.25) is 5.88 Å². The molecule has 1 aliphatic rings. The normalized spacial score (nSPS) is 16.4. The van der Waals surface area contributed by atoms with E-state index in [9.17, 15) is 0 Å². The van der Waals surface area contributed by atoms with Crippen molar-refractivity contribution in [2.75, 3.05) is 33.9 Å². The van der Waals surface area contributed by atoms with Crippen molar-refractivity contribution in [3.63, 3.8) is 0 Å². The first-order chi connectivity index (χ1) is 11.7. The highest BCUT2D eigenvalue weighted by molar-refractivity contribution is 5.79. The zero-order valence-electron chi connectivity index (χ0n) is 15.1. The summed E-state index contributed by atoms with van der Waals surface area (Å²) >= 11 is 0. The molecule has 0 bridgehead atoms. The second-order valence-corrected chi connectivity index (χ2v) is 6.32. The highest BCUT2D eigenvalue weighted by Crippen LogP contribution is 2.43. The van der Waals surface area contributed by atoms with Crippen molar-refractivity contribution in [1.29, 1.82) is 0 Å². The quantitative estimate of drug-likeness (QED) is 0.536. The molecule has 0 atom stereocenters. The highest BCUT2D eigenvalue weighted by atomic mass is 16.5. The predicted octanol–water partition coefficient (Wildman–Crippen LogP) is 2.35. The van der Waals surface area contributed by atoms with Gasteiger partial charge < -0.3 is 20.1 Å². The van der Waals surface area contributed by atoms with Crippen molar-refractivity contribution in [3.05, 3.63) is 23.9 Å². The molecule has 2 rings (SSSR count). The maximum Gasteiger partial charge on any atom is 0.213 e. The molecule has 0 aromatic carbocycles. The summed E-state index contributed by atoms with van der Waals surface area (Å²) in [5, 5.41) is 6.80. The van der Waals surface area contributed by atoms with Gasteiger partial charge in [0.1, 0.15) is 0 Å². The van der Waals surface area contributed by atoms with Crippen LogP contribution in [-0.4, -0.2) is 44.9 Å². The van der Waals surface area contributed by atoms with Crippen LogP contribution in [0.3, 0.4) is 0 Å². The first kappa shape index (κ1) is 18.5. The summed E-state index contributed by atoms with van der Waals surface area (Å²) in [6, 6.07) is 5.74. The Morgan fingerprint density at radius 3 is 2.75 bits per heavy atom. The number of methoxy groups -OCH3 is 2. The lowest BCUT2D eigenvalue weighted by Gasteiger charge is -2.42. The topological polar surface area (TPSA) is 67.8 Å². The minimum Gasteiger partial charge on any atom is -0.481 e. The van der Waals surface area contributed by atoms with Crippen LogP contribution in [0.4, 0.5) is 0 Å². The highest BCUT2D eigenvalue weighted by Gasteiger charge is 2.36. The van der Waals surface area contributed by atoms with Gasteiger partial charge in [-0.2, -0.15) is 0 Å². The van der Waals surface area contributed by atoms with Crippen LogP contribution < -0.4 is 15.4 Å². The molecule has 6 heteroatoms. The lowest BCUT2D eigenvalue weighted by molar-refractivity contribution is 0.0732. The summed E-state index contributed by atoms with van der Waals surface area (Å²) in [6.45, 7) is 5.20. The van der Waals surface area contributed by atoms with Crippen LogP contribution in [0.5, 0.6) is 5.88 Å². The number of guanidine groups is 1. The van der Waals surface area contributed by atoms with Crippen LogP contribution in [0, 0.1) is 5.41 Å². The molecule has 1 aromatic heterocycles. The third-order valence-electron chi connectivity index (χ3n) is 4.62. The van der Waals surface area contributed by atoms with Gasteiger partial charge in [0.05, 0.1) is 19.3 Å². The Morgan fingerprint density at radius 1 is 1.29 bits per heavy atom. The molecule has 1 fully saturated rings. The van der Waals surface area contributed by atoms with Gasteiger partial charge in [0.25, 0.3) is 0 Å². The smallest absolute Gasteiger partial charge is 0.213 e. The van der Waals surface area contributed by atoms with E-state index < -0.39 is 0 Å². The summed E-state index contributed by atoms with van der Waals surface area (Å²) in [5.41, 5.74) is 1.25. The van der Waals surface area contributed by atoms with E-state index in [1.807, 2.05) is 18.2 Å². The van der Waals surface area contributed by atoms with Crippen molar-refractivity contribution in [1.82, 2.24) is 15.6 Å². The Morgan fingerprint density at radius 2 is 2.12 bits per heavy atom. The summed E-state index contributed by atoms with van der Waals surface area (Å²) in [6.07, 6.45) is 4.95. The summed E-state index contributed by atoms with van der Waals surface area (Å²) < 4.78 is 10.4. The zero-order chi connectivity index (χ0) is 17.3. The van der Waals surface area contributed by atoms with Crippen LogP contribution in [0.25, 0.3) is 0 Å². The van der Waals surface area contributed by atoms with Gasteiger partial charge in [-0.15, -0.1) is 0 Å². The minimum atomic E-state index is 0.362. The minimum absolute atomic E-state index is 0.362. The fourth-order valence-electron chi connectivity index (χ4n) is 2.94. The molecule has 134 valence electrons. The number of ether oxygens (including phenoxy) is 2. The van der Waals surface area contributed by atoms with Gasteiger partial charge >= 0.3 is 0 Å². The van der Waals surface area contributed by atoms with E-state index in [0.717, 1.165) is 37.8 Å². The van der Waals surface area contributed by atoms with Crippen LogP contribution >= 0.6 is 0 Å². The molecule has 0 radical (unpaired) electrons. The molecular weight excluding hydrogens is 304 g/mol. The predicted molar refractivity (Wildman–Crippen MR) is 96.4 cm³/mol. The molecule has 0 amide bonds. The second-order valence-electron chi connectivity index (χ2n) is 6.32. The number of aliphatic imine (C=N–C) groups is 1. The molecule has 1 heterocycles. The molecule has 1 saturated carbocycles. The molecule has 0 unspecified atom stereocenters. The number of nitrogens with zero attached hydrogens (tertiary/aromatic N) is 2. The van der Waals surface area contributed by atoms with Crippen LogP contribution in [-0.2, 0) is 11.3 Å². The van der Waals surface area contributed by atoms with Gasteiger partial charge in [-0.05, 0) is 37.7 Å². The van der Waals surface area contributed by atoms with E-state index in [1.165, 1.54) is 19.3 Å². The molecule has 0 spiro atoms. The van der Waals surface area contributed by atoms with Gasteiger partial charge in [0.15, 0.2) is 5.96 Å². The zero-order valence-corrected chi connectivity index (χ0v) is 15.1. The number of nitrogens with one attached hydrogen (secondary N) is 2. The molecule has 1 aliphatic carbocycles. The second kappa shape index (κ2) is 9.47. The number of pyridine rings is 1. The monoisotopic (exact) mass is 334 g/mol. The van der Waals surface area contributed by atoms with Gasteiger partial charge in [-0.1, -0.05) is 12.5 Å². The Bertz CT molecular complexity index is 530. The number of aromatic nitrogens is 1. The van der Waals surface area contributed by atoms with Crippen LogP contribution in [0.2, 0.25) is 0 Å². The number of hydrogen-bond donors (Lipinski definition) is 2. The molecule has 24 heavy (non-hydrogen) atoms. The molecule has 2 N–H and O–H groups in total. The Hall–Kier alpha value is -1.82. The lowest BCUT2D eigenvalue weighted by Crippen LogP contribution is -2.47. The molecule has 6 nitrogen and oxygen atoms in total. The van der Waals surface area contributed by atoms with E-state index >= 15 is 0 Å². The maximum atomic E-state index is 5.26. The van der Waals surface area contributed by atoms with Crippen molar-refractivity contribution in [3.8, 4) is 5.88 Å². The lowest BCUT2D eigenvalue weighted by atomic mass is 9.67. The third-order valence-corrected chi connectivity index (χ3v) is 4.62. The molecule has 0 saturated heterocycles. The van der Waals surface area contributed by atoms with E-state index in [-0.39, 0.29) is 0 Å². The summed E-state index contributed by atoms with van der Waals surface area (Å²) in [5.74, 6) is 1.46. The van der Waals surface area contributed by atoms with Gasteiger partial charge in [0, 0.05) is 32.9 Å². The van der Waals surface area contributed by atoms with Gasteiger partial charge in [-0.25, -0.2) is 9.98 Å². The summed E-state index contributed by atoms with van der Waals surface area (Å²) in [7, 11) is 3.39. The number of hydrogen-bond acceptors (Lipinski definition) is 4. The van der Waals surface area contributed by atoms with Gasteiger partial charge in [-0.3, -0.25) is 0 Å². The Labute approximate surface area is 145 Å². The number of rotatable bonds is 9. The summed E-state index contributed by atoms with van der Waals surface area (Å²) in [4.78, 5) is 9.04. The van der Waals surface area contributed by atoms with E-state index in [1.54, 1.807) is 14.2 Å². The van der Waals surface area contributed by atoms with Crippen molar-refractivity contribution in [2.24, 2.45) is 10.4 Å². The average Bonchev–Trinajstić information content (AvgIpc) is 2.58. The fraction of sp³-hybridized carbons (Fsp3) is 0.667. The SMILES string of the molecule is CCNC(=NCc1cccc(OC)n1)NCC1(CCOC)CCC1. The van der Waals surface area contributed by atoms with Crippen molar-refractivity contribution in [2.45, 2.75) is 39.2 Å². The Kier molecular flexibility index (Phi) is 7.31. The van der Waals surface area contributed by atoms with Crippen LogP contribution in [0.1, 0.15) is 38.3 Å². The fourth-order valence-corrected chi connectivity index (χ4v) is 2.94. The average molecular weight is 334 g/mol. The van der Waals surface area contributed by atoms with Crippen LogP contribution in [0.15, 0.2) is 23.2 Å². The Balaban J connectivity index is 1.92. The standard InChI is InChI=1S/C18H30N4O2/c1-4-19-17(20-13-15-7-5-8-16(22-15)24-3)21-14-18(9-6-10-18)11-12-23-2/h5,7-8H,4,6,9-14H2,1-3H3,(H2,19,20,21).